The molecule has 6 nitrogen and oxygen atoms in total. The lowest BCUT2D eigenvalue weighted by atomic mass is 10.1. The van der Waals surface area contributed by atoms with E-state index in [-0.39, 0.29) is 11.2 Å². The smallest absolute Gasteiger partial charge is 0.270 e. The molecule has 0 bridgehead atoms. The number of non-ortho nitro benzene ring substituents is 1. The van der Waals surface area contributed by atoms with Crippen LogP contribution in [0.1, 0.15) is 0 Å². The van der Waals surface area contributed by atoms with Gasteiger partial charge in [0.15, 0.2) is 0 Å². The molecule has 0 saturated carbocycles. The van der Waals surface area contributed by atoms with Crippen LogP contribution in [0.25, 0.3) is 32.7 Å². The first kappa shape index (κ1) is 11.7. The molecule has 0 saturated heterocycles. The van der Waals surface area contributed by atoms with Gasteiger partial charge in [0.1, 0.15) is 0 Å². The van der Waals surface area contributed by atoms with Crippen molar-refractivity contribution in [2.75, 3.05) is 0 Å². The number of rotatable bonds is 1. The minimum absolute atomic E-state index is 0.00509. The zero-order valence-electron chi connectivity index (χ0n) is 10.7. The fourth-order valence-corrected chi connectivity index (χ4v) is 2.73. The van der Waals surface area contributed by atoms with Gasteiger partial charge in [0, 0.05) is 28.4 Å². The number of pyridine rings is 1. The second-order valence-electron chi connectivity index (χ2n) is 4.86. The zero-order valence-corrected chi connectivity index (χ0v) is 10.7. The van der Waals surface area contributed by atoms with Crippen molar-refractivity contribution < 1.29 is 4.92 Å². The molecule has 0 aliphatic carbocycles. The summed E-state index contributed by atoms with van der Waals surface area (Å²) < 4.78 is 0. The lowest BCUT2D eigenvalue weighted by Crippen LogP contribution is -2.05. The van der Waals surface area contributed by atoms with Crippen LogP contribution < -0.4 is 5.56 Å². The van der Waals surface area contributed by atoms with E-state index >= 15 is 0 Å². The second kappa shape index (κ2) is 3.92. The Labute approximate surface area is 117 Å². The van der Waals surface area contributed by atoms with Gasteiger partial charge in [-0.05, 0) is 12.1 Å². The highest BCUT2D eigenvalue weighted by atomic mass is 16.6. The van der Waals surface area contributed by atoms with E-state index in [1.165, 1.54) is 12.1 Å². The summed E-state index contributed by atoms with van der Waals surface area (Å²) in [4.78, 5) is 28.7. The number of aromatic amines is 2. The molecule has 4 rings (SSSR count). The molecular weight excluding hydrogens is 270 g/mol. The Morgan fingerprint density at radius 2 is 1.71 bits per heavy atom. The van der Waals surface area contributed by atoms with Crippen LogP contribution in [-0.2, 0) is 0 Å². The molecule has 2 heterocycles. The number of para-hydroxylation sites is 1. The quantitative estimate of drug-likeness (QED) is 0.414. The van der Waals surface area contributed by atoms with E-state index in [9.17, 15) is 14.9 Å². The van der Waals surface area contributed by atoms with Crippen LogP contribution in [0.3, 0.4) is 0 Å². The van der Waals surface area contributed by atoms with Gasteiger partial charge >= 0.3 is 0 Å². The van der Waals surface area contributed by atoms with Gasteiger partial charge in [-0.1, -0.05) is 18.2 Å². The number of H-pyrrole nitrogens is 2. The summed E-state index contributed by atoms with van der Waals surface area (Å²) in [5.74, 6) is 0. The minimum atomic E-state index is -0.445. The molecule has 0 spiro atoms. The van der Waals surface area contributed by atoms with Gasteiger partial charge in [0.05, 0.1) is 21.3 Å². The molecule has 0 radical (unpaired) electrons. The number of nitrogens with one attached hydrogen (secondary N) is 2. The van der Waals surface area contributed by atoms with Gasteiger partial charge in [-0.2, -0.15) is 0 Å². The predicted molar refractivity (Wildman–Crippen MR) is 80.6 cm³/mol. The molecule has 2 aromatic heterocycles. The SMILES string of the molecule is O=c1[nH]c2ccc([N+](=O)[O-])cc2c2[nH]c3ccccc3c12. The fraction of sp³-hybridized carbons (Fsp3) is 0. The van der Waals surface area contributed by atoms with Crippen molar-refractivity contribution in [1.82, 2.24) is 9.97 Å². The van der Waals surface area contributed by atoms with E-state index in [2.05, 4.69) is 9.97 Å². The molecule has 6 heteroatoms. The molecule has 0 aliphatic rings. The Morgan fingerprint density at radius 3 is 2.52 bits per heavy atom. The third-order valence-corrected chi connectivity index (χ3v) is 3.66. The highest BCUT2D eigenvalue weighted by Crippen LogP contribution is 2.29. The van der Waals surface area contributed by atoms with E-state index in [0.29, 0.717) is 21.8 Å². The number of fused-ring (bicyclic) bond motifs is 5. The summed E-state index contributed by atoms with van der Waals surface area (Å²) in [5.41, 5.74) is 1.82. The van der Waals surface area contributed by atoms with Crippen LogP contribution in [0.2, 0.25) is 0 Å². The van der Waals surface area contributed by atoms with Crippen molar-refractivity contribution in [1.29, 1.82) is 0 Å². The summed E-state index contributed by atoms with van der Waals surface area (Å²) in [6.07, 6.45) is 0. The summed E-state index contributed by atoms with van der Waals surface area (Å²) in [5, 5.41) is 12.9. The van der Waals surface area contributed by atoms with E-state index in [1.54, 1.807) is 6.07 Å². The van der Waals surface area contributed by atoms with Crippen molar-refractivity contribution in [3.8, 4) is 0 Å². The first-order valence-electron chi connectivity index (χ1n) is 6.36. The summed E-state index contributed by atoms with van der Waals surface area (Å²) >= 11 is 0. The number of aromatic nitrogens is 2. The Bertz CT molecular complexity index is 1090. The van der Waals surface area contributed by atoms with Crippen molar-refractivity contribution >= 4 is 38.4 Å². The maximum Gasteiger partial charge on any atom is 0.270 e. The third kappa shape index (κ3) is 1.56. The number of hydrogen-bond acceptors (Lipinski definition) is 3. The number of nitrogens with zero attached hydrogens (tertiary/aromatic N) is 1. The van der Waals surface area contributed by atoms with Crippen LogP contribution in [-0.4, -0.2) is 14.9 Å². The maximum atomic E-state index is 12.3. The summed E-state index contributed by atoms with van der Waals surface area (Å²) in [6, 6.07) is 11.9. The van der Waals surface area contributed by atoms with Gasteiger partial charge in [-0.25, -0.2) is 0 Å². The fourth-order valence-electron chi connectivity index (χ4n) is 2.73. The van der Waals surface area contributed by atoms with Crippen LogP contribution in [0.15, 0.2) is 47.3 Å². The van der Waals surface area contributed by atoms with Crippen LogP contribution in [0.4, 0.5) is 5.69 Å². The lowest BCUT2D eigenvalue weighted by Gasteiger charge is -2.00. The largest absolute Gasteiger partial charge is 0.354 e. The standard InChI is InChI=1S/C15H9N3O3/c19-15-13-9-3-1-2-4-11(9)16-14(13)10-7-8(18(20)21)5-6-12(10)17-15/h1-7,16H,(H,17,19). The highest BCUT2D eigenvalue weighted by molar-refractivity contribution is 6.15. The number of nitro groups is 1. The molecule has 2 N–H and O–H groups in total. The predicted octanol–water partition coefficient (Wildman–Crippen LogP) is 3.07. The Kier molecular flexibility index (Phi) is 2.18. The van der Waals surface area contributed by atoms with E-state index in [0.717, 1.165) is 10.9 Å². The van der Waals surface area contributed by atoms with Gasteiger partial charge in [0.25, 0.3) is 11.2 Å². The van der Waals surface area contributed by atoms with E-state index < -0.39 is 4.92 Å². The third-order valence-electron chi connectivity index (χ3n) is 3.66. The van der Waals surface area contributed by atoms with Crippen LogP contribution >= 0.6 is 0 Å². The first-order chi connectivity index (χ1) is 10.1. The molecule has 0 amide bonds. The molecular formula is C15H9N3O3. The average Bonchev–Trinajstić information content (AvgIpc) is 2.87. The zero-order chi connectivity index (χ0) is 14.6. The van der Waals surface area contributed by atoms with E-state index in [4.69, 9.17) is 0 Å². The molecule has 102 valence electrons. The minimum Gasteiger partial charge on any atom is -0.354 e. The number of benzene rings is 2. The molecule has 4 aromatic rings. The normalized spacial score (nSPS) is 11.4. The van der Waals surface area contributed by atoms with E-state index in [1.807, 2.05) is 24.3 Å². The Balaban J connectivity index is 2.28. The molecule has 0 fully saturated rings. The molecule has 0 atom stereocenters. The monoisotopic (exact) mass is 279 g/mol. The van der Waals surface area contributed by atoms with Gasteiger partial charge in [-0.3, -0.25) is 14.9 Å². The van der Waals surface area contributed by atoms with Crippen molar-refractivity contribution in [2.45, 2.75) is 0 Å². The summed E-state index contributed by atoms with van der Waals surface area (Å²) in [6.45, 7) is 0. The topological polar surface area (TPSA) is 91.8 Å². The Hall–Kier alpha value is -3.15. The second-order valence-corrected chi connectivity index (χ2v) is 4.86. The number of hydrogen-bond donors (Lipinski definition) is 2. The van der Waals surface area contributed by atoms with Crippen molar-refractivity contribution in [2.24, 2.45) is 0 Å². The molecule has 21 heavy (non-hydrogen) atoms. The average molecular weight is 279 g/mol. The molecule has 2 aromatic carbocycles. The lowest BCUT2D eigenvalue weighted by molar-refractivity contribution is -0.384. The van der Waals surface area contributed by atoms with Gasteiger partial charge in [0.2, 0.25) is 0 Å². The van der Waals surface area contributed by atoms with Crippen molar-refractivity contribution in [3.05, 3.63) is 62.9 Å². The molecule has 0 unspecified atom stereocenters. The highest BCUT2D eigenvalue weighted by Gasteiger charge is 2.14. The van der Waals surface area contributed by atoms with Gasteiger partial charge in [-0.15, -0.1) is 0 Å². The van der Waals surface area contributed by atoms with Crippen molar-refractivity contribution in [3.63, 3.8) is 0 Å². The number of nitro benzene ring substituents is 1. The van der Waals surface area contributed by atoms with Crippen LogP contribution in [0.5, 0.6) is 0 Å². The first-order valence-corrected chi connectivity index (χ1v) is 6.36. The maximum absolute atomic E-state index is 12.3. The Morgan fingerprint density at radius 1 is 0.952 bits per heavy atom. The van der Waals surface area contributed by atoms with Gasteiger partial charge < -0.3 is 9.97 Å². The molecule has 0 aliphatic heterocycles. The summed E-state index contributed by atoms with van der Waals surface area (Å²) in [7, 11) is 0. The van der Waals surface area contributed by atoms with Crippen LogP contribution in [0, 0.1) is 10.1 Å².